The molecule has 1 aromatic rings. The highest BCUT2D eigenvalue weighted by Gasteiger charge is 2.36. The van der Waals surface area contributed by atoms with E-state index >= 15 is 0 Å². The van der Waals surface area contributed by atoms with Crippen LogP contribution in [0.5, 0.6) is 0 Å². The molecular formula is C12H10ClNO3. The van der Waals surface area contributed by atoms with Crippen LogP contribution < -0.4 is 5.32 Å². The highest BCUT2D eigenvalue weighted by atomic mass is 35.5. The number of amides is 1. The van der Waals surface area contributed by atoms with Crippen molar-refractivity contribution in [2.75, 3.05) is 0 Å². The van der Waals surface area contributed by atoms with E-state index in [-0.39, 0.29) is 11.4 Å². The lowest BCUT2D eigenvalue weighted by atomic mass is 9.98. The summed E-state index contributed by atoms with van der Waals surface area (Å²) in [5, 5.41) is 12.5. The van der Waals surface area contributed by atoms with Gasteiger partial charge < -0.3 is 10.4 Å². The number of carbonyl (C=O) groups excluding carboxylic acids is 2. The minimum absolute atomic E-state index is 0.0584. The van der Waals surface area contributed by atoms with Gasteiger partial charge in [-0.2, -0.15) is 0 Å². The van der Waals surface area contributed by atoms with Crippen molar-refractivity contribution < 1.29 is 14.7 Å². The fraction of sp³-hybridized carbons (Fsp3) is 0.167. The van der Waals surface area contributed by atoms with Crippen molar-refractivity contribution in [3.05, 3.63) is 46.2 Å². The molecule has 88 valence electrons. The van der Waals surface area contributed by atoms with Crippen LogP contribution in [0.25, 0.3) is 0 Å². The van der Waals surface area contributed by atoms with E-state index in [1.165, 1.54) is 6.92 Å². The number of carbonyl (C=O) groups is 2. The fourth-order valence-electron chi connectivity index (χ4n) is 1.84. The summed E-state index contributed by atoms with van der Waals surface area (Å²) in [6, 6.07) is 6.19. The maximum atomic E-state index is 11.4. The minimum Gasteiger partial charge on any atom is -0.503 e. The van der Waals surface area contributed by atoms with E-state index in [4.69, 9.17) is 11.6 Å². The number of aliphatic hydroxyl groups is 1. The molecule has 0 aliphatic carbocycles. The SMILES string of the molecule is CC(=O)C1=C(O)C(=O)N[C@H]1c1ccccc1Cl. The Bertz CT molecular complexity index is 536. The number of halogens is 1. The molecule has 1 amide bonds. The van der Waals surface area contributed by atoms with Gasteiger partial charge in [-0.1, -0.05) is 29.8 Å². The summed E-state index contributed by atoms with van der Waals surface area (Å²) in [7, 11) is 0. The van der Waals surface area contributed by atoms with Crippen LogP contribution in [-0.4, -0.2) is 16.8 Å². The lowest BCUT2D eigenvalue weighted by Crippen LogP contribution is -2.23. The highest BCUT2D eigenvalue weighted by molar-refractivity contribution is 6.31. The van der Waals surface area contributed by atoms with Gasteiger partial charge in [-0.25, -0.2) is 0 Å². The molecule has 0 spiro atoms. The molecular weight excluding hydrogens is 242 g/mol. The third-order valence-electron chi connectivity index (χ3n) is 2.63. The molecule has 0 saturated carbocycles. The summed E-state index contributed by atoms with van der Waals surface area (Å²) in [4.78, 5) is 22.8. The predicted molar refractivity (Wildman–Crippen MR) is 62.7 cm³/mol. The first-order valence-corrected chi connectivity index (χ1v) is 5.39. The molecule has 1 heterocycles. The molecule has 1 aliphatic rings. The first-order valence-electron chi connectivity index (χ1n) is 5.01. The van der Waals surface area contributed by atoms with E-state index in [0.717, 1.165) is 0 Å². The third kappa shape index (κ3) is 1.91. The van der Waals surface area contributed by atoms with Crippen molar-refractivity contribution in [3.8, 4) is 0 Å². The molecule has 0 saturated heterocycles. The van der Waals surface area contributed by atoms with Gasteiger partial charge in [-0.3, -0.25) is 9.59 Å². The monoisotopic (exact) mass is 251 g/mol. The average Bonchev–Trinajstić information content (AvgIpc) is 2.56. The van der Waals surface area contributed by atoms with Gasteiger partial charge in [0.15, 0.2) is 11.5 Å². The number of hydrogen-bond acceptors (Lipinski definition) is 3. The molecule has 2 N–H and O–H groups in total. The molecule has 0 bridgehead atoms. The van der Waals surface area contributed by atoms with E-state index in [1.54, 1.807) is 24.3 Å². The summed E-state index contributed by atoms with van der Waals surface area (Å²) in [5.74, 6) is -1.53. The average molecular weight is 252 g/mol. The molecule has 0 unspecified atom stereocenters. The maximum Gasteiger partial charge on any atom is 0.287 e. The number of nitrogens with one attached hydrogen (secondary N) is 1. The Morgan fingerprint density at radius 2 is 2.06 bits per heavy atom. The molecule has 1 atom stereocenters. The van der Waals surface area contributed by atoms with Gasteiger partial charge in [0.05, 0.1) is 11.6 Å². The zero-order valence-corrected chi connectivity index (χ0v) is 9.78. The molecule has 4 nitrogen and oxygen atoms in total. The summed E-state index contributed by atoms with van der Waals surface area (Å²) >= 11 is 6.00. The van der Waals surface area contributed by atoms with Crippen LogP contribution >= 0.6 is 11.6 Å². The van der Waals surface area contributed by atoms with Gasteiger partial charge >= 0.3 is 0 Å². The molecule has 0 aromatic heterocycles. The Morgan fingerprint density at radius 3 is 2.65 bits per heavy atom. The van der Waals surface area contributed by atoms with Gasteiger partial charge in [-0.05, 0) is 18.6 Å². The second kappa shape index (κ2) is 4.22. The first-order chi connectivity index (χ1) is 8.02. The summed E-state index contributed by atoms with van der Waals surface area (Å²) < 4.78 is 0. The largest absolute Gasteiger partial charge is 0.503 e. The van der Waals surface area contributed by atoms with Crippen LogP contribution in [0.2, 0.25) is 5.02 Å². The third-order valence-corrected chi connectivity index (χ3v) is 2.97. The topological polar surface area (TPSA) is 66.4 Å². The number of aliphatic hydroxyl groups excluding tert-OH is 1. The minimum atomic E-state index is -0.673. The molecule has 5 heteroatoms. The van der Waals surface area contributed by atoms with Crippen molar-refractivity contribution in [2.24, 2.45) is 0 Å². The van der Waals surface area contributed by atoms with Crippen molar-refractivity contribution in [2.45, 2.75) is 13.0 Å². The molecule has 1 aromatic carbocycles. The quantitative estimate of drug-likeness (QED) is 0.844. The van der Waals surface area contributed by atoms with Crippen LogP contribution in [0.4, 0.5) is 0 Å². The molecule has 2 rings (SSSR count). The van der Waals surface area contributed by atoms with E-state index in [1.807, 2.05) is 0 Å². The van der Waals surface area contributed by atoms with Crippen LogP contribution in [0.15, 0.2) is 35.6 Å². The van der Waals surface area contributed by atoms with Crippen molar-refractivity contribution >= 4 is 23.3 Å². The van der Waals surface area contributed by atoms with E-state index in [9.17, 15) is 14.7 Å². The lowest BCUT2D eigenvalue weighted by molar-refractivity contribution is -0.119. The zero-order chi connectivity index (χ0) is 12.6. The maximum absolute atomic E-state index is 11.4. The van der Waals surface area contributed by atoms with Crippen LogP contribution in [-0.2, 0) is 9.59 Å². The number of rotatable bonds is 2. The molecule has 0 fully saturated rings. The Labute approximate surface area is 103 Å². The normalized spacial score (nSPS) is 19.4. The molecule has 1 aliphatic heterocycles. The van der Waals surface area contributed by atoms with Crippen LogP contribution in [0.3, 0.4) is 0 Å². The predicted octanol–water partition coefficient (Wildman–Crippen LogP) is 1.91. The van der Waals surface area contributed by atoms with Gasteiger partial charge in [0.2, 0.25) is 0 Å². The van der Waals surface area contributed by atoms with Gasteiger partial charge in [0.1, 0.15) is 0 Å². The van der Waals surface area contributed by atoms with Gasteiger partial charge in [-0.15, -0.1) is 0 Å². The lowest BCUT2D eigenvalue weighted by Gasteiger charge is -2.14. The fourth-order valence-corrected chi connectivity index (χ4v) is 2.09. The Hall–Kier alpha value is -1.81. The summed E-state index contributed by atoms with van der Waals surface area (Å²) in [6.07, 6.45) is 0. The van der Waals surface area contributed by atoms with E-state index in [2.05, 4.69) is 5.32 Å². The second-order valence-corrected chi connectivity index (χ2v) is 4.15. The Balaban J connectivity index is 2.52. The number of benzene rings is 1. The molecule has 17 heavy (non-hydrogen) atoms. The van der Waals surface area contributed by atoms with Gasteiger partial charge in [0.25, 0.3) is 5.91 Å². The number of hydrogen-bond donors (Lipinski definition) is 2. The standard InChI is InChI=1S/C12H10ClNO3/c1-6(15)9-10(14-12(17)11(9)16)7-4-2-3-5-8(7)13/h2-5,10,16H,1H3,(H,14,17)/t10-/m0/s1. The highest BCUT2D eigenvalue weighted by Crippen LogP contribution is 2.33. The summed E-state index contributed by atoms with van der Waals surface area (Å²) in [5.41, 5.74) is 0.653. The second-order valence-electron chi connectivity index (χ2n) is 3.75. The Morgan fingerprint density at radius 1 is 1.41 bits per heavy atom. The number of Topliss-reactive ketones (excluding diaryl/α,β-unsaturated/α-hetero) is 1. The van der Waals surface area contributed by atoms with Crippen molar-refractivity contribution in [1.82, 2.24) is 5.32 Å². The van der Waals surface area contributed by atoms with E-state index < -0.39 is 17.7 Å². The van der Waals surface area contributed by atoms with Crippen molar-refractivity contribution in [1.29, 1.82) is 0 Å². The smallest absolute Gasteiger partial charge is 0.287 e. The number of ketones is 1. The summed E-state index contributed by atoms with van der Waals surface area (Å²) in [6.45, 7) is 1.30. The zero-order valence-electron chi connectivity index (χ0n) is 9.03. The molecule has 0 radical (unpaired) electrons. The van der Waals surface area contributed by atoms with Crippen LogP contribution in [0.1, 0.15) is 18.5 Å². The Kier molecular flexibility index (Phi) is 2.90. The van der Waals surface area contributed by atoms with Crippen LogP contribution in [0, 0.1) is 0 Å². The van der Waals surface area contributed by atoms with E-state index in [0.29, 0.717) is 10.6 Å². The van der Waals surface area contributed by atoms with Crippen molar-refractivity contribution in [3.63, 3.8) is 0 Å². The van der Waals surface area contributed by atoms with Gasteiger partial charge in [0, 0.05) is 5.02 Å². The first kappa shape index (κ1) is 11.7.